The Bertz CT molecular complexity index is 1020. The monoisotopic (exact) mass is 631 g/mol. The fraction of sp³-hybridized carbons (Fsp3) is 0.730. The Morgan fingerprint density at radius 1 is 0.600 bits per heavy atom. The summed E-state index contributed by atoms with van der Waals surface area (Å²) >= 11 is 0. The fourth-order valence-electron chi connectivity index (χ4n) is 5.20. The van der Waals surface area contributed by atoms with E-state index in [1.54, 1.807) is 43.9 Å². The maximum Gasteiger partial charge on any atom is 0.336 e. The second-order valence-electron chi connectivity index (χ2n) is 14.2. The number of aromatic carboxylic acids is 1. The van der Waals surface area contributed by atoms with Crippen LogP contribution in [0.15, 0.2) is 24.3 Å². The lowest BCUT2D eigenvalue weighted by molar-refractivity contribution is -0.156. The molecule has 0 atom stereocenters. The molecule has 0 bridgehead atoms. The van der Waals surface area contributed by atoms with Gasteiger partial charge in [-0.15, -0.1) is 0 Å². The topological polar surface area (TPSA) is 110 Å². The third kappa shape index (κ3) is 21.5. The van der Waals surface area contributed by atoms with Crippen molar-refractivity contribution in [2.75, 3.05) is 6.54 Å². The van der Waals surface area contributed by atoms with Crippen LogP contribution in [0.1, 0.15) is 167 Å². The van der Waals surface area contributed by atoms with E-state index in [9.17, 15) is 24.3 Å². The maximum absolute atomic E-state index is 13.1. The second-order valence-corrected chi connectivity index (χ2v) is 14.2. The molecule has 0 saturated carbocycles. The zero-order valence-corrected chi connectivity index (χ0v) is 29.1. The van der Waals surface area contributed by atoms with Crippen LogP contribution < -0.4 is 0 Å². The molecule has 0 unspecified atom stereocenters. The van der Waals surface area contributed by atoms with Crippen molar-refractivity contribution in [2.24, 2.45) is 0 Å². The van der Waals surface area contributed by atoms with Gasteiger partial charge in [0.2, 0.25) is 5.91 Å². The minimum Gasteiger partial charge on any atom is -0.478 e. The highest BCUT2D eigenvalue weighted by molar-refractivity contribution is 5.89. The zero-order chi connectivity index (χ0) is 33.7. The van der Waals surface area contributed by atoms with Gasteiger partial charge in [0.05, 0.1) is 12.0 Å². The third-order valence-electron chi connectivity index (χ3n) is 7.41. The molecule has 0 aliphatic heterocycles. The quantitative estimate of drug-likeness (QED) is 0.0948. The van der Waals surface area contributed by atoms with Crippen LogP contribution in [0, 0.1) is 0 Å². The number of carbonyl (C=O) groups excluding carboxylic acids is 3. The summed E-state index contributed by atoms with van der Waals surface area (Å²) in [6.45, 7) is 11.5. The van der Waals surface area contributed by atoms with Gasteiger partial charge < -0.3 is 19.5 Å². The van der Waals surface area contributed by atoms with E-state index in [1.807, 2.05) is 20.8 Å². The molecule has 256 valence electrons. The molecule has 8 heteroatoms. The van der Waals surface area contributed by atoms with Crippen molar-refractivity contribution in [3.63, 3.8) is 0 Å². The summed E-state index contributed by atoms with van der Waals surface area (Å²) in [6.07, 6.45) is 16.9. The van der Waals surface area contributed by atoms with Crippen molar-refractivity contribution in [1.29, 1.82) is 0 Å². The van der Waals surface area contributed by atoms with E-state index < -0.39 is 17.2 Å². The lowest BCUT2D eigenvalue weighted by Crippen LogP contribution is -2.34. The number of hydrogen-bond acceptors (Lipinski definition) is 6. The first-order valence-corrected chi connectivity index (χ1v) is 17.2. The first kappa shape index (κ1) is 40.1. The fourth-order valence-corrected chi connectivity index (χ4v) is 5.20. The number of ether oxygens (including phenoxy) is 2. The lowest BCUT2D eigenvalue weighted by atomic mass is 10.0. The molecule has 0 aliphatic rings. The molecule has 0 heterocycles. The van der Waals surface area contributed by atoms with E-state index in [2.05, 4.69) is 0 Å². The number of benzene rings is 1. The molecule has 0 spiro atoms. The normalized spacial score (nSPS) is 11.7. The summed E-state index contributed by atoms with van der Waals surface area (Å²) < 4.78 is 10.8. The Kier molecular flexibility index (Phi) is 19.4. The molecule has 45 heavy (non-hydrogen) atoms. The van der Waals surface area contributed by atoms with Gasteiger partial charge in [0.25, 0.3) is 0 Å². The molecular weight excluding hydrogens is 570 g/mol. The van der Waals surface area contributed by atoms with Crippen molar-refractivity contribution in [2.45, 2.75) is 168 Å². The van der Waals surface area contributed by atoms with Gasteiger partial charge in [-0.3, -0.25) is 14.4 Å². The highest BCUT2D eigenvalue weighted by Gasteiger charge is 2.21. The molecular formula is C37H61NO7. The number of carbonyl (C=O) groups is 4. The van der Waals surface area contributed by atoms with Crippen LogP contribution >= 0.6 is 0 Å². The van der Waals surface area contributed by atoms with Gasteiger partial charge in [-0.2, -0.15) is 0 Å². The van der Waals surface area contributed by atoms with Crippen molar-refractivity contribution >= 4 is 23.8 Å². The summed E-state index contributed by atoms with van der Waals surface area (Å²) in [7, 11) is 0. The van der Waals surface area contributed by atoms with Crippen molar-refractivity contribution in [1.82, 2.24) is 4.90 Å². The zero-order valence-electron chi connectivity index (χ0n) is 29.1. The Labute approximate surface area is 272 Å². The lowest BCUT2D eigenvalue weighted by Gasteiger charge is -2.25. The molecule has 0 radical (unpaired) electrons. The van der Waals surface area contributed by atoms with Crippen LogP contribution in [-0.4, -0.2) is 51.6 Å². The van der Waals surface area contributed by atoms with E-state index >= 15 is 0 Å². The first-order chi connectivity index (χ1) is 21.2. The van der Waals surface area contributed by atoms with E-state index in [0.717, 1.165) is 32.1 Å². The molecule has 1 aromatic rings. The maximum atomic E-state index is 13.1. The summed E-state index contributed by atoms with van der Waals surface area (Å²) in [5.41, 5.74) is -0.278. The minimum absolute atomic E-state index is 0.0636. The molecule has 0 aromatic heterocycles. The Morgan fingerprint density at radius 2 is 1.00 bits per heavy atom. The molecule has 0 aliphatic carbocycles. The molecule has 1 amide bonds. The standard InChI is InChI=1S/C37H61NO7/c1-36(2,3)44-33(40)26-20-18-16-14-12-10-8-7-9-11-13-15-17-19-25-32(39)38(28-27-34(41)45-37(4,5)6)29-30-23-21-22-24-31(30)35(42)43/h21-24H,7-20,25-29H2,1-6H3,(H,42,43). The van der Waals surface area contributed by atoms with Crippen LogP contribution in [0.5, 0.6) is 0 Å². The largest absolute Gasteiger partial charge is 0.478 e. The Hall–Kier alpha value is -2.90. The first-order valence-electron chi connectivity index (χ1n) is 17.2. The summed E-state index contributed by atoms with van der Waals surface area (Å²) in [5, 5.41) is 9.56. The molecule has 1 N–H and O–H groups in total. The van der Waals surface area contributed by atoms with E-state index in [0.29, 0.717) is 18.4 Å². The highest BCUT2D eigenvalue weighted by atomic mass is 16.6. The number of carboxylic acids is 1. The van der Waals surface area contributed by atoms with Crippen LogP contribution in [0.2, 0.25) is 0 Å². The van der Waals surface area contributed by atoms with Crippen molar-refractivity contribution < 1.29 is 33.8 Å². The summed E-state index contributed by atoms with van der Waals surface area (Å²) in [5.74, 6) is -1.57. The molecule has 0 fully saturated rings. The number of rotatable bonds is 23. The van der Waals surface area contributed by atoms with E-state index in [-0.39, 0.29) is 42.9 Å². The number of amides is 1. The van der Waals surface area contributed by atoms with Gasteiger partial charge in [-0.25, -0.2) is 4.79 Å². The summed E-state index contributed by atoms with van der Waals surface area (Å²) in [4.78, 5) is 50.5. The average molecular weight is 632 g/mol. The van der Waals surface area contributed by atoms with E-state index in [4.69, 9.17) is 9.47 Å². The second kappa shape index (κ2) is 21.8. The van der Waals surface area contributed by atoms with Gasteiger partial charge in [0.15, 0.2) is 0 Å². The molecule has 8 nitrogen and oxygen atoms in total. The molecule has 0 saturated heterocycles. The van der Waals surface area contributed by atoms with Crippen LogP contribution in [0.25, 0.3) is 0 Å². The van der Waals surface area contributed by atoms with Gasteiger partial charge in [0, 0.05) is 25.9 Å². The smallest absolute Gasteiger partial charge is 0.336 e. The highest BCUT2D eigenvalue weighted by Crippen LogP contribution is 2.18. The van der Waals surface area contributed by atoms with Crippen LogP contribution in [-0.2, 0) is 30.4 Å². The number of unbranched alkanes of at least 4 members (excludes halogenated alkanes) is 13. The molecule has 1 rings (SSSR count). The van der Waals surface area contributed by atoms with Gasteiger partial charge >= 0.3 is 17.9 Å². The number of hydrogen-bond donors (Lipinski definition) is 1. The average Bonchev–Trinajstić information content (AvgIpc) is 2.93. The predicted octanol–water partition coefficient (Wildman–Crippen LogP) is 9.03. The SMILES string of the molecule is CC(C)(C)OC(=O)CCCCCCCCCCCCCCCCC(=O)N(CCC(=O)OC(C)(C)C)Cc1ccccc1C(=O)O. The number of esters is 2. The number of carboxylic acid groups (broad SMARTS) is 1. The van der Waals surface area contributed by atoms with Gasteiger partial charge in [-0.1, -0.05) is 95.2 Å². The van der Waals surface area contributed by atoms with Gasteiger partial charge in [-0.05, 0) is 66.0 Å². The van der Waals surface area contributed by atoms with Crippen LogP contribution in [0.4, 0.5) is 0 Å². The predicted molar refractivity (Wildman–Crippen MR) is 179 cm³/mol. The minimum atomic E-state index is -1.03. The Balaban J connectivity index is 2.22. The van der Waals surface area contributed by atoms with E-state index in [1.165, 1.54) is 63.9 Å². The van der Waals surface area contributed by atoms with Crippen molar-refractivity contribution in [3.05, 3.63) is 35.4 Å². The summed E-state index contributed by atoms with van der Waals surface area (Å²) in [6, 6.07) is 6.68. The Morgan fingerprint density at radius 3 is 1.44 bits per heavy atom. The third-order valence-corrected chi connectivity index (χ3v) is 7.41. The van der Waals surface area contributed by atoms with Crippen LogP contribution in [0.3, 0.4) is 0 Å². The molecule has 1 aromatic carbocycles. The van der Waals surface area contributed by atoms with Crippen molar-refractivity contribution in [3.8, 4) is 0 Å². The van der Waals surface area contributed by atoms with Gasteiger partial charge in [0.1, 0.15) is 11.2 Å². The number of nitrogens with zero attached hydrogens (tertiary/aromatic N) is 1.